The van der Waals surface area contributed by atoms with E-state index in [0.29, 0.717) is 0 Å². The molecule has 0 aromatic heterocycles. The van der Waals surface area contributed by atoms with E-state index in [9.17, 15) is 0 Å². The summed E-state index contributed by atoms with van der Waals surface area (Å²) in [6, 6.07) is 2.00. The van der Waals surface area contributed by atoms with Gasteiger partial charge < -0.3 is 0 Å². The van der Waals surface area contributed by atoms with E-state index in [4.69, 9.17) is 5.26 Å². The second kappa shape index (κ2) is 1.97. The molecule has 2 nitrogen and oxygen atoms in total. The van der Waals surface area contributed by atoms with Crippen molar-refractivity contribution in [2.75, 3.05) is 13.6 Å². The number of hydrogen-bond acceptors (Lipinski definition) is 2. The second-order valence-corrected chi connectivity index (χ2v) is 1.84. The van der Waals surface area contributed by atoms with Crippen molar-refractivity contribution < 1.29 is 0 Å². The Kier molecular flexibility index (Phi) is 1.32. The lowest BCUT2D eigenvalue weighted by Gasteiger charge is -2.09. The van der Waals surface area contributed by atoms with Gasteiger partial charge in [0.05, 0.1) is 6.07 Å². The van der Waals surface area contributed by atoms with Gasteiger partial charge in [-0.15, -0.1) is 0 Å². The Labute approximate surface area is 49.0 Å². The predicted molar refractivity (Wildman–Crippen MR) is 29.8 cm³/mol. The maximum atomic E-state index is 8.36. The molecule has 1 aliphatic rings. The van der Waals surface area contributed by atoms with Crippen LogP contribution in [0.25, 0.3) is 0 Å². The maximum Gasteiger partial charge on any atom is 0.123 e. The van der Waals surface area contributed by atoms with E-state index in [1.54, 1.807) is 0 Å². The van der Waals surface area contributed by atoms with E-state index in [1.807, 2.05) is 18.0 Å². The summed E-state index contributed by atoms with van der Waals surface area (Å²) >= 11 is 0. The molecule has 8 heavy (non-hydrogen) atoms. The SMILES string of the molecule is CN1CC=[C]C1C#N. The zero-order valence-electron chi connectivity index (χ0n) is 4.76. The van der Waals surface area contributed by atoms with Crippen molar-refractivity contribution >= 4 is 0 Å². The fourth-order valence-electron chi connectivity index (χ4n) is 0.677. The Morgan fingerprint density at radius 1 is 2.00 bits per heavy atom. The first kappa shape index (κ1) is 5.33. The lowest BCUT2D eigenvalue weighted by molar-refractivity contribution is 0.379. The monoisotopic (exact) mass is 107 g/mol. The van der Waals surface area contributed by atoms with Gasteiger partial charge in [-0.05, 0) is 13.1 Å². The van der Waals surface area contributed by atoms with E-state index in [2.05, 4.69) is 12.1 Å². The summed E-state index contributed by atoms with van der Waals surface area (Å²) < 4.78 is 0. The molecule has 1 heterocycles. The molecule has 0 saturated carbocycles. The number of nitriles is 1. The lowest BCUT2D eigenvalue weighted by Crippen LogP contribution is -2.23. The van der Waals surface area contributed by atoms with Crippen LogP contribution in [-0.2, 0) is 0 Å². The van der Waals surface area contributed by atoms with Crippen molar-refractivity contribution in [3.05, 3.63) is 12.2 Å². The fourth-order valence-corrected chi connectivity index (χ4v) is 0.677. The topological polar surface area (TPSA) is 27.0 Å². The van der Waals surface area contributed by atoms with Crippen LogP contribution >= 0.6 is 0 Å². The molecule has 41 valence electrons. The average molecular weight is 107 g/mol. The molecule has 1 rings (SSSR count). The van der Waals surface area contributed by atoms with Crippen LogP contribution in [0.3, 0.4) is 0 Å². The van der Waals surface area contributed by atoms with Gasteiger partial charge in [-0.3, -0.25) is 4.90 Å². The molecular weight excluding hydrogens is 100 g/mol. The smallest absolute Gasteiger partial charge is 0.123 e. The van der Waals surface area contributed by atoms with Crippen molar-refractivity contribution in [2.24, 2.45) is 0 Å². The standard InChI is InChI=1S/C6H7N2/c1-8-4-2-3-6(8)5-7/h2,6H,4H2,1H3. The molecule has 0 N–H and O–H groups in total. The Bertz CT molecular complexity index is 143. The van der Waals surface area contributed by atoms with Gasteiger partial charge in [-0.1, -0.05) is 6.08 Å². The summed E-state index contributed by atoms with van der Waals surface area (Å²) in [5.74, 6) is 0. The average Bonchev–Trinajstić information content (AvgIpc) is 2.14. The van der Waals surface area contributed by atoms with Crippen LogP contribution < -0.4 is 0 Å². The molecule has 0 saturated heterocycles. The van der Waals surface area contributed by atoms with Gasteiger partial charge in [-0.25, -0.2) is 0 Å². The minimum absolute atomic E-state index is 0.102. The van der Waals surface area contributed by atoms with Crippen LogP contribution in [0.1, 0.15) is 0 Å². The van der Waals surface area contributed by atoms with Crippen molar-refractivity contribution in [3.8, 4) is 6.07 Å². The van der Waals surface area contributed by atoms with Crippen LogP contribution in [0.15, 0.2) is 6.08 Å². The number of hydrogen-bond donors (Lipinski definition) is 0. The molecule has 0 spiro atoms. The van der Waals surface area contributed by atoms with Crippen LogP contribution in [-0.4, -0.2) is 24.5 Å². The van der Waals surface area contributed by atoms with Gasteiger partial charge in [-0.2, -0.15) is 5.26 Å². The van der Waals surface area contributed by atoms with E-state index >= 15 is 0 Å². The normalized spacial score (nSPS) is 28.2. The predicted octanol–water partition coefficient (Wildman–Crippen LogP) is 0.183. The van der Waals surface area contributed by atoms with Gasteiger partial charge in [0, 0.05) is 6.54 Å². The molecule has 1 radical (unpaired) electrons. The van der Waals surface area contributed by atoms with Gasteiger partial charge >= 0.3 is 0 Å². The van der Waals surface area contributed by atoms with Crippen LogP contribution in [0, 0.1) is 17.4 Å². The number of rotatable bonds is 0. The largest absolute Gasteiger partial charge is 0.284 e. The minimum atomic E-state index is -0.102. The molecule has 0 bridgehead atoms. The van der Waals surface area contributed by atoms with Crippen LogP contribution in [0.5, 0.6) is 0 Å². The molecule has 0 amide bonds. The zero-order valence-corrected chi connectivity index (χ0v) is 4.76. The highest BCUT2D eigenvalue weighted by molar-refractivity contribution is 5.07. The van der Waals surface area contributed by atoms with Crippen molar-refractivity contribution in [1.29, 1.82) is 5.26 Å². The molecule has 0 aliphatic carbocycles. The van der Waals surface area contributed by atoms with E-state index in [1.165, 1.54) is 0 Å². The lowest BCUT2D eigenvalue weighted by atomic mass is 10.3. The molecule has 1 unspecified atom stereocenters. The zero-order chi connectivity index (χ0) is 5.98. The van der Waals surface area contributed by atoms with Crippen molar-refractivity contribution in [2.45, 2.75) is 6.04 Å². The fraction of sp³-hybridized carbons (Fsp3) is 0.500. The van der Waals surface area contributed by atoms with Crippen LogP contribution in [0.2, 0.25) is 0 Å². The molecule has 2 heteroatoms. The van der Waals surface area contributed by atoms with Gasteiger partial charge in [0.1, 0.15) is 6.04 Å². The Hall–Kier alpha value is -0.810. The Morgan fingerprint density at radius 3 is 3.00 bits per heavy atom. The summed E-state index contributed by atoms with van der Waals surface area (Å²) in [4.78, 5) is 1.93. The minimum Gasteiger partial charge on any atom is -0.284 e. The molecule has 0 aromatic rings. The highest BCUT2D eigenvalue weighted by Crippen LogP contribution is 2.02. The molecule has 1 aliphatic heterocycles. The maximum absolute atomic E-state index is 8.36. The first-order valence-corrected chi connectivity index (χ1v) is 2.52. The highest BCUT2D eigenvalue weighted by atomic mass is 15.1. The molecule has 0 fully saturated rings. The Balaban J connectivity index is 2.57. The van der Waals surface area contributed by atoms with E-state index in [-0.39, 0.29) is 6.04 Å². The highest BCUT2D eigenvalue weighted by Gasteiger charge is 2.13. The Morgan fingerprint density at radius 2 is 2.75 bits per heavy atom. The third-order valence-corrected chi connectivity index (χ3v) is 1.22. The second-order valence-electron chi connectivity index (χ2n) is 1.84. The summed E-state index contributed by atoms with van der Waals surface area (Å²) in [7, 11) is 1.91. The molecule has 0 aromatic carbocycles. The summed E-state index contributed by atoms with van der Waals surface area (Å²) in [6.45, 7) is 0.859. The van der Waals surface area contributed by atoms with Gasteiger partial charge in [0.2, 0.25) is 0 Å². The number of nitrogens with zero attached hydrogens (tertiary/aromatic N) is 2. The third-order valence-electron chi connectivity index (χ3n) is 1.22. The van der Waals surface area contributed by atoms with Gasteiger partial charge in [0.25, 0.3) is 0 Å². The molecular formula is C6H7N2. The van der Waals surface area contributed by atoms with E-state index < -0.39 is 0 Å². The van der Waals surface area contributed by atoms with Crippen molar-refractivity contribution in [1.82, 2.24) is 4.90 Å². The first-order valence-electron chi connectivity index (χ1n) is 2.52. The summed E-state index contributed by atoms with van der Waals surface area (Å²) in [5.41, 5.74) is 0. The quantitative estimate of drug-likeness (QED) is 0.441. The summed E-state index contributed by atoms with van der Waals surface area (Å²) in [6.07, 6.45) is 4.78. The number of likely N-dealkylation sites (N-methyl/N-ethyl adjacent to an activating group) is 1. The van der Waals surface area contributed by atoms with Crippen molar-refractivity contribution in [3.63, 3.8) is 0 Å². The molecule has 1 atom stereocenters. The van der Waals surface area contributed by atoms with Gasteiger partial charge in [0.15, 0.2) is 0 Å². The summed E-state index contributed by atoms with van der Waals surface area (Å²) in [5, 5.41) is 8.36. The third kappa shape index (κ3) is 0.728. The van der Waals surface area contributed by atoms with Crippen LogP contribution in [0.4, 0.5) is 0 Å². The van der Waals surface area contributed by atoms with E-state index in [0.717, 1.165) is 6.54 Å². The first-order chi connectivity index (χ1) is 3.84.